The van der Waals surface area contributed by atoms with E-state index in [0.717, 1.165) is 103 Å². The first-order valence-electron chi connectivity index (χ1n) is 34.7. The lowest BCUT2D eigenvalue weighted by Gasteiger charge is -2.30. The Morgan fingerprint density at radius 3 is 1.12 bits per heavy atom. The van der Waals surface area contributed by atoms with Gasteiger partial charge >= 0.3 is 5.97 Å². The summed E-state index contributed by atoms with van der Waals surface area (Å²) < 4.78 is 30.4. The summed E-state index contributed by atoms with van der Waals surface area (Å²) in [6, 6.07) is -0.914. The largest absolute Gasteiger partial charge is 0.756 e. The molecule has 3 atom stereocenters. The van der Waals surface area contributed by atoms with E-state index >= 15 is 0 Å². The normalized spacial score (nSPS) is 14.2. The average Bonchev–Trinajstić information content (AvgIpc) is 3.65. The Labute approximate surface area is 519 Å². The van der Waals surface area contributed by atoms with E-state index in [1.165, 1.54) is 154 Å². The maximum absolute atomic E-state index is 13.6. The van der Waals surface area contributed by atoms with Gasteiger partial charge in [0.15, 0.2) is 0 Å². The lowest BCUT2D eigenvalue weighted by Crippen LogP contribution is -2.47. The number of ether oxygens (including phenoxy) is 1. The van der Waals surface area contributed by atoms with Crippen LogP contribution in [-0.4, -0.2) is 69.4 Å². The molecule has 0 heterocycles. The highest BCUT2D eigenvalue weighted by atomic mass is 31.2. The molecule has 0 aromatic carbocycles. The van der Waals surface area contributed by atoms with Crippen LogP contribution in [0.1, 0.15) is 297 Å². The summed E-state index contributed by atoms with van der Waals surface area (Å²) in [5.74, 6) is -0.581. The summed E-state index contributed by atoms with van der Waals surface area (Å²) in [5.41, 5.74) is 0. The maximum Gasteiger partial charge on any atom is 0.306 e. The van der Waals surface area contributed by atoms with Crippen LogP contribution < -0.4 is 10.2 Å². The number of rotatable bonds is 62. The van der Waals surface area contributed by atoms with E-state index in [4.69, 9.17) is 13.8 Å². The van der Waals surface area contributed by atoms with Crippen molar-refractivity contribution >= 4 is 19.7 Å². The zero-order valence-corrected chi connectivity index (χ0v) is 56.2. The second-order valence-corrected chi connectivity index (χ2v) is 25.7. The van der Waals surface area contributed by atoms with Gasteiger partial charge in [-0.3, -0.25) is 14.2 Å². The van der Waals surface area contributed by atoms with Gasteiger partial charge in [-0.15, -0.1) is 0 Å². The van der Waals surface area contributed by atoms with Crippen molar-refractivity contribution in [2.45, 2.75) is 309 Å². The summed E-state index contributed by atoms with van der Waals surface area (Å²) in [4.78, 5) is 40.1. The van der Waals surface area contributed by atoms with E-state index < -0.39 is 26.6 Å². The molecule has 0 radical (unpaired) electrons. The fourth-order valence-corrected chi connectivity index (χ4v) is 10.3. The van der Waals surface area contributed by atoms with Gasteiger partial charge in [-0.1, -0.05) is 272 Å². The van der Waals surface area contributed by atoms with Crippen LogP contribution in [0.2, 0.25) is 0 Å². The van der Waals surface area contributed by atoms with E-state index in [1.54, 1.807) is 0 Å². The molecule has 3 unspecified atom stereocenters. The van der Waals surface area contributed by atoms with Gasteiger partial charge < -0.3 is 28.5 Å². The minimum Gasteiger partial charge on any atom is -0.756 e. The van der Waals surface area contributed by atoms with Gasteiger partial charge in [0, 0.05) is 12.8 Å². The van der Waals surface area contributed by atoms with Crippen molar-refractivity contribution in [2.75, 3.05) is 40.9 Å². The number of allylic oxidation sites excluding steroid dienone is 17. The SMILES string of the molecule is CCCCC/C=C\C/C=C\C/C=C\C/C=C\CCCCCCCCCCCCCC(=O)OC(/C=C\CCCCCCCCCCCC)C(COP(=O)([O-])OCC[N+](C)(C)C)NC(=O)CCCCC/C=C\C/C=C\C/C=C\C/C=C\CCCCC. The van der Waals surface area contributed by atoms with Crippen LogP contribution in [0.4, 0.5) is 0 Å². The molecule has 0 spiro atoms. The van der Waals surface area contributed by atoms with Crippen molar-refractivity contribution < 1.29 is 37.3 Å². The molecule has 0 aliphatic carbocycles. The number of quaternary nitrogens is 1. The second-order valence-electron chi connectivity index (χ2n) is 24.3. The van der Waals surface area contributed by atoms with Gasteiger partial charge in [0.05, 0.1) is 33.8 Å². The first-order chi connectivity index (χ1) is 40.9. The number of carbonyl (C=O) groups is 2. The van der Waals surface area contributed by atoms with Crippen molar-refractivity contribution in [2.24, 2.45) is 0 Å². The average molecular weight is 1190 g/mol. The minimum atomic E-state index is -4.72. The minimum absolute atomic E-state index is 0.0339. The Morgan fingerprint density at radius 1 is 0.417 bits per heavy atom. The van der Waals surface area contributed by atoms with E-state index in [2.05, 4.69) is 123 Å². The van der Waals surface area contributed by atoms with Crippen LogP contribution in [0, 0.1) is 0 Å². The summed E-state index contributed by atoms with van der Waals surface area (Å²) in [6.45, 7) is 6.76. The Hall–Kier alpha value is -3.33. The van der Waals surface area contributed by atoms with Gasteiger partial charge in [-0.05, 0) is 122 Å². The molecule has 10 heteroatoms. The zero-order chi connectivity index (χ0) is 61.4. The Kier molecular flexibility index (Phi) is 60.2. The van der Waals surface area contributed by atoms with Crippen LogP contribution in [-0.2, 0) is 27.9 Å². The topological polar surface area (TPSA) is 114 Å². The summed E-state index contributed by atoms with van der Waals surface area (Å²) in [6.07, 6.45) is 86.4. The first kappa shape index (κ1) is 80.7. The number of esters is 1. The van der Waals surface area contributed by atoms with Crippen LogP contribution in [0.15, 0.2) is 109 Å². The molecular formula is C74H131N2O7P. The zero-order valence-electron chi connectivity index (χ0n) is 55.3. The maximum atomic E-state index is 13.6. The molecule has 0 saturated carbocycles. The highest BCUT2D eigenvalue weighted by molar-refractivity contribution is 7.45. The van der Waals surface area contributed by atoms with Crippen molar-refractivity contribution in [1.29, 1.82) is 0 Å². The Balaban J connectivity index is 5.14. The molecule has 0 aliphatic heterocycles. The number of nitrogens with zero attached hydrogens (tertiary/aromatic N) is 1. The Bertz CT molecular complexity index is 1810. The lowest BCUT2D eigenvalue weighted by molar-refractivity contribution is -0.870. The summed E-state index contributed by atoms with van der Waals surface area (Å²) in [7, 11) is 1.15. The van der Waals surface area contributed by atoms with Crippen molar-refractivity contribution in [1.82, 2.24) is 5.32 Å². The van der Waals surface area contributed by atoms with E-state index in [1.807, 2.05) is 33.3 Å². The molecule has 1 N–H and O–H groups in total. The fraction of sp³-hybridized carbons (Fsp3) is 0.730. The first-order valence-corrected chi connectivity index (χ1v) is 36.2. The number of hydrogen-bond acceptors (Lipinski definition) is 7. The molecule has 484 valence electrons. The van der Waals surface area contributed by atoms with Crippen molar-refractivity contribution in [3.8, 4) is 0 Å². The Morgan fingerprint density at radius 2 is 0.726 bits per heavy atom. The molecular weight excluding hydrogens is 1060 g/mol. The van der Waals surface area contributed by atoms with Gasteiger partial charge in [0.2, 0.25) is 5.91 Å². The summed E-state index contributed by atoms with van der Waals surface area (Å²) in [5, 5.41) is 3.02. The van der Waals surface area contributed by atoms with Crippen molar-refractivity contribution in [3.63, 3.8) is 0 Å². The number of carbonyl (C=O) groups excluding carboxylic acids is 2. The van der Waals surface area contributed by atoms with Crippen LogP contribution in [0.25, 0.3) is 0 Å². The molecule has 0 aromatic rings. The molecule has 84 heavy (non-hydrogen) atoms. The number of hydrogen-bond donors (Lipinski definition) is 1. The third-order valence-corrected chi connectivity index (χ3v) is 15.9. The number of phosphoric ester groups is 1. The molecule has 0 saturated heterocycles. The quantitative estimate of drug-likeness (QED) is 0.0212. The van der Waals surface area contributed by atoms with E-state index in [-0.39, 0.29) is 31.3 Å². The molecule has 1 amide bonds. The molecule has 0 rings (SSSR count). The lowest BCUT2D eigenvalue weighted by atomic mass is 10.0. The predicted molar refractivity (Wildman–Crippen MR) is 362 cm³/mol. The number of unbranched alkanes of at least 4 members (excludes halogenated alkanes) is 30. The van der Waals surface area contributed by atoms with Gasteiger partial charge in [0.25, 0.3) is 7.82 Å². The molecule has 0 aliphatic rings. The highest BCUT2D eigenvalue weighted by Crippen LogP contribution is 2.38. The standard InChI is InChI=1S/C74H131N2O7P/c1-7-10-13-16-19-22-25-28-30-32-34-35-36-37-38-39-40-41-43-45-47-49-52-55-58-61-64-67-74(78)83-72(65-62-59-56-53-50-27-24-21-18-15-12-9-3)71(70-82-84(79,80)81-69-68-76(4,5)6)75-73(77)66-63-60-57-54-51-48-46-44-42-33-31-29-26-23-20-17-14-11-8-2/h19-20,22-23,28-31,34-35,37-38,42,44,48,51,62,65,71-72H,7-18,21,24-27,32-33,36,39-41,43,45-47,49-50,52-61,63-64,66-70H2,1-6H3,(H-,75,77,79,80)/b22-19-,23-20-,30-28-,31-29-,35-34-,38-37-,44-42-,51-48-,65-62-. The van der Waals surface area contributed by atoms with Gasteiger partial charge in [-0.25, -0.2) is 0 Å². The van der Waals surface area contributed by atoms with Crippen LogP contribution in [0.5, 0.6) is 0 Å². The highest BCUT2D eigenvalue weighted by Gasteiger charge is 2.27. The summed E-state index contributed by atoms with van der Waals surface area (Å²) >= 11 is 0. The number of nitrogens with one attached hydrogen (secondary N) is 1. The molecule has 0 aromatic heterocycles. The number of likely N-dealkylation sites (N-methyl/N-ethyl adjacent to an activating group) is 1. The number of phosphoric acid groups is 1. The van der Waals surface area contributed by atoms with E-state index in [9.17, 15) is 19.0 Å². The van der Waals surface area contributed by atoms with Crippen molar-refractivity contribution in [3.05, 3.63) is 109 Å². The van der Waals surface area contributed by atoms with Gasteiger partial charge in [-0.2, -0.15) is 0 Å². The molecule has 0 bridgehead atoms. The van der Waals surface area contributed by atoms with Gasteiger partial charge in [0.1, 0.15) is 19.3 Å². The fourth-order valence-electron chi connectivity index (χ4n) is 9.55. The van der Waals surface area contributed by atoms with E-state index in [0.29, 0.717) is 17.4 Å². The molecule has 0 fully saturated rings. The number of amides is 1. The smallest absolute Gasteiger partial charge is 0.306 e. The molecule has 9 nitrogen and oxygen atoms in total. The monoisotopic (exact) mass is 1190 g/mol. The van der Waals surface area contributed by atoms with Crippen LogP contribution >= 0.6 is 7.82 Å². The third kappa shape index (κ3) is 63.2. The second kappa shape index (κ2) is 62.7. The third-order valence-electron chi connectivity index (χ3n) is 14.9. The van der Waals surface area contributed by atoms with Crippen LogP contribution in [0.3, 0.4) is 0 Å². The predicted octanol–water partition coefficient (Wildman–Crippen LogP) is 21.4.